The predicted molar refractivity (Wildman–Crippen MR) is 127 cm³/mol. The molecule has 1 aromatic rings. The van der Waals surface area contributed by atoms with Crippen LogP contribution in [0.15, 0.2) is 30.3 Å². The summed E-state index contributed by atoms with van der Waals surface area (Å²) in [5, 5.41) is 5.92. The van der Waals surface area contributed by atoms with Crippen molar-refractivity contribution in [2.45, 2.75) is 39.2 Å². The smallest absolute Gasteiger partial charge is 0.410 e. The van der Waals surface area contributed by atoms with Gasteiger partial charge in [0.15, 0.2) is 0 Å². The van der Waals surface area contributed by atoms with E-state index in [1.807, 2.05) is 51.1 Å². The fourth-order valence-corrected chi connectivity index (χ4v) is 4.06. The number of rotatable bonds is 5. The van der Waals surface area contributed by atoms with E-state index in [1.165, 1.54) is 0 Å². The molecule has 0 radical (unpaired) electrons. The zero-order chi connectivity index (χ0) is 23.8. The fourth-order valence-electron chi connectivity index (χ4n) is 4.06. The van der Waals surface area contributed by atoms with Crippen molar-refractivity contribution in [2.75, 3.05) is 57.7 Å². The number of benzene rings is 1. The zero-order valence-corrected chi connectivity index (χ0v) is 20.0. The summed E-state index contributed by atoms with van der Waals surface area (Å²) in [6.45, 7) is 10.7. The van der Waals surface area contributed by atoms with Crippen LogP contribution >= 0.6 is 0 Å². The second-order valence-electron chi connectivity index (χ2n) is 9.68. The number of para-hydroxylation sites is 1. The molecule has 2 N–H and O–H groups in total. The van der Waals surface area contributed by atoms with Crippen molar-refractivity contribution in [1.82, 2.24) is 20.0 Å². The number of piperidine rings is 1. The van der Waals surface area contributed by atoms with Gasteiger partial charge < -0.3 is 25.2 Å². The standard InChI is InChI=1S/C24H37N5O4/c1-24(2,3)33-23(32)28-16-14-27(15-17-28)13-11-25-21(30)19-8-7-12-29(18-19)22(31)26-20-9-5-4-6-10-20/h4-6,9-10,19H,7-8,11-18H2,1-3H3,(H,25,30)(H,26,31). The largest absolute Gasteiger partial charge is 0.444 e. The first kappa shape index (κ1) is 24.8. The van der Waals surface area contributed by atoms with E-state index >= 15 is 0 Å². The highest BCUT2D eigenvalue weighted by atomic mass is 16.6. The van der Waals surface area contributed by atoms with Gasteiger partial charge in [-0.3, -0.25) is 9.69 Å². The third-order valence-electron chi connectivity index (χ3n) is 5.86. The third-order valence-corrected chi connectivity index (χ3v) is 5.86. The van der Waals surface area contributed by atoms with Crippen LogP contribution in [0.1, 0.15) is 33.6 Å². The molecule has 0 saturated carbocycles. The molecule has 0 aliphatic carbocycles. The van der Waals surface area contributed by atoms with Gasteiger partial charge in [-0.1, -0.05) is 18.2 Å². The third kappa shape index (κ3) is 7.92. The Hall–Kier alpha value is -2.81. The Morgan fingerprint density at radius 3 is 2.36 bits per heavy atom. The van der Waals surface area contributed by atoms with Crippen molar-refractivity contribution in [2.24, 2.45) is 5.92 Å². The van der Waals surface area contributed by atoms with Crippen LogP contribution < -0.4 is 10.6 Å². The molecule has 1 aromatic carbocycles. The number of nitrogens with one attached hydrogen (secondary N) is 2. The highest BCUT2D eigenvalue weighted by Crippen LogP contribution is 2.18. The summed E-state index contributed by atoms with van der Waals surface area (Å²) in [5.41, 5.74) is 0.260. The van der Waals surface area contributed by atoms with Gasteiger partial charge in [0.05, 0.1) is 5.92 Å². The number of hydrogen-bond acceptors (Lipinski definition) is 5. The lowest BCUT2D eigenvalue weighted by molar-refractivity contribution is -0.126. The molecule has 0 bridgehead atoms. The minimum atomic E-state index is -0.491. The van der Waals surface area contributed by atoms with Crippen molar-refractivity contribution >= 4 is 23.7 Å². The Labute approximate surface area is 196 Å². The average Bonchev–Trinajstić information content (AvgIpc) is 2.79. The molecule has 2 aliphatic rings. The van der Waals surface area contributed by atoms with Crippen LogP contribution in [0.2, 0.25) is 0 Å². The van der Waals surface area contributed by atoms with Gasteiger partial charge in [-0.05, 0) is 45.7 Å². The molecule has 2 fully saturated rings. The van der Waals surface area contributed by atoms with Crippen LogP contribution in [-0.2, 0) is 9.53 Å². The molecule has 9 heteroatoms. The van der Waals surface area contributed by atoms with Gasteiger partial charge in [0, 0.05) is 58.0 Å². The number of urea groups is 1. The molecule has 9 nitrogen and oxygen atoms in total. The van der Waals surface area contributed by atoms with Crippen LogP contribution in [0, 0.1) is 5.92 Å². The summed E-state index contributed by atoms with van der Waals surface area (Å²) in [6.07, 6.45) is 1.33. The van der Waals surface area contributed by atoms with Gasteiger partial charge in [0.1, 0.15) is 5.60 Å². The summed E-state index contributed by atoms with van der Waals surface area (Å²) in [5.74, 6) is -0.191. The van der Waals surface area contributed by atoms with Crippen LogP contribution in [0.4, 0.5) is 15.3 Å². The van der Waals surface area contributed by atoms with Gasteiger partial charge in [0.2, 0.25) is 5.91 Å². The summed E-state index contributed by atoms with van der Waals surface area (Å²) in [4.78, 5) is 43.1. The quantitative estimate of drug-likeness (QED) is 0.706. The van der Waals surface area contributed by atoms with E-state index in [2.05, 4.69) is 15.5 Å². The van der Waals surface area contributed by atoms with Crippen LogP contribution in [0.25, 0.3) is 0 Å². The van der Waals surface area contributed by atoms with E-state index in [1.54, 1.807) is 9.80 Å². The predicted octanol–water partition coefficient (Wildman–Crippen LogP) is 2.60. The number of carbonyl (C=O) groups is 3. The van der Waals surface area contributed by atoms with Crippen molar-refractivity contribution in [3.05, 3.63) is 30.3 Å². The molecule has 4 amide bonds. The number of amides is 4. The van der Waals surface area contributed by atoms with Crippen molar-refractivity contribution < 1.29 is 19.1 Å². The SMILES string of the molecule is CC(C)(C)OC(=O)N1CCN(CCNC(=O)C2CCCN(C(=O)Nc3ccccc3)C2)CC1. The summed E-state index contributed by atoms with van der Waals surface area (Å²) >= 11 is 0. The van der Waals surface area contributed by atoms with Crippen LogP contribution in [0.3, 0.4) is 0 Å². The monoisotopic (exact) mass is 459 g/mol. The minimum Gasteiger partial charge on any atom is -0.444 e. The Bertz CT molecular complexity index is 803. The molecule has 0 aromatic heterocycles. The van der Waals surface area contributed by atoms with Crippen molar-refractivity contribution in [3.63, 3.8) is 0 Å². The lowest BCUT2D eigenvalue weighted by Gasteiger charge is -2.35. The zero-order valence-electron chi connectivity index (χ0n) is 20.0. The Morgan fingerprint density at radius 2 is 1.70 bits per heavy atom. The van der Waals surface area contributed by atoms with Gasteiger partial charge in [0.25, 0.3) is 0 Å². The maximum atomic E-state index is 12.7. The number of hydrogen-bond donors (Lipinski definition) is 2. The van der Waals surface area contributed by atoms with Crippen molar-refractivity contribution in [3.8, 4) is 0 Å². The second-order valence-corrected chi connectivity index (χ2v) is 9.68. The van der Waals surface area contributed by atoms with Crippen LogP contribution in [-0.4, -0.2) is 90.7 Å². The first-order valence-electron chi connectivity index (χ1n) is 11.8. The molecule has 2 saturated heterocycles. The molecular formula is C24H37N5O4. The lowest BCUT2D eigenvalue weighted by Crippen LogP contribution is -2.52. The highest BCUT2D eigenvalue weighted by Gasteiger charge is 2.29. The van der Waals surface area contributed by atoms with E-state index in [-0.39, 0.29) is 23.9 Å². The second kappa shape index (κ2) is 11.4. The molecular weight excluding hydrogens is 422 g/mol. The molecule has 182 valence electrons. The number of nitrogens with zero attached hydrogens (tertiary/aromatic N) is 3. The number of likely N-dealkylation sites (tertiary alicyclic amines) is 1. The normalized spacial score (nSPS) is 19.7. The van der Waals surface area contributed by atoms with E-state index < -0.39 is 5.60 Å². The molecule has 1 unspecified atom stereocenters. The van der Waals surface area contributed by atoms with E-state index in [0.29, 0.717) is 32.7 Å². The van der Waals surface area contributed by atoms with Crippen LogP contribution in [0.5, 0.6) is 0 Å². The molecule has 1 atom stereocenters. The topological polar surface area (TPSA) is 94.2 Å². The van der Waals surface area contributed by atoms with Gasteiger partial charge in [-0.25, -0.2) is 9.59 Å². The number of carbonyl (C=O) groups excluding carboxylic acids is 3. The minimum absolute atomic E-state index is 0.000368. The van der Waals surface area contributed by atoms with E-state index in [0.717, 1.165) is 38.2 Å². The van der Waals surface area contributed by atoms with E-state index in [4.69, 9.17) is 4.74 Å². The lowest BCUT2D eigenvalue weighted by atomic mass is 9.97. The fraction of sp³-hybridized carbons (Fsp3) is 0.625. The molecule has 0 spiro atoms. The number of ether oxygens (including phenoxy) is 1. The van der Waals surface area contributed by atoms with Gasteiger partial charge >= 0.3 is 12.1 Å². The first-order chi connectivity index (χ1) is 15.7. The summed E-state index contributed by atoms with van der Waals surface area (Å²) < 4.78 is 5.43. The molecule has 33 heavy (non-hydrogen) atoms. The highest BCUT2D eigenvalue weighted by molar-refractivity contribution is 5.90. The van der Waals surface area contributed by atoms with Gasteiger partial charge in [-0.15, -0.1) is 0 Å². The molecule has 3 rings (SSSR count). The van der Waals surface area contributed by atoms with Crippen molar-refractivity contribution in [1.29, 1.82) is 0 Å². The Balaban J connectivity index is 1.35. The summed E-state index contributed by atoms with van der Waals surface area (Å²) in [6, 6.07) is 9.18. The molecule has 2 aliphatic heterocycles. The molecule has 2 heterocycles. The summed E-state index contributed by atoms with van der Waals surface area (Å²) in [7, 11) is 0. The first-order valence-corrected chi connectivity index (χ1v) is 11.8. The Kier molecular flexibility index (Phi) is 8.55. The van der Waals surface area contributed by atoms with E-state index in [9.17, 15) is 14.4 Å². The number of anilines is 1. The maximum Gasteiger partial charge on any atom is 0.410 e. The average molecular weight is 460 g/mol. The number of piperazine rings is 1. The Morgan fingerprint density at radius 1 is 1.00 bits per heavy atom. The van der Waals surface area contributed by atoms with Gasteiger partial charge in [-0.2, -0.15) is 0 Å². The maximum absolute atomic E-state index is 12.7.